The molecule has 0 spiro atoms. The third kappa shape index (κ3) is 2.39. The predicted octanol–water partition coefficient (Wildman–Crippen LogP) is 1.59. The second-order valence-corrected chi connectivity index (χ2v) is 4.38. The summed E-state index contributed by atoms with van der Waals surface area (Å²) in [5.41, 5.74) is 1.24. The van der Waals surface area contributed by atoms with Crippen molar-refractivity contribution >= 4 is 5.97 Å². The smallest absolute Gasteiger partial charge is 0.354 e. The van der Waals surface area contributed by atoms with E-state index in [1.165, 1.54) is 6.42 Å². The Kier molecular flexibility index (Phi) is 3.19. The number of aromatic carboxylic acids is 1. The lowest BCUT2D eigenvalue weighted by Crippen LogP contribution is -2.30. The van der Waals surface area contributed by atoms with Gasteiger partial charge in [0.05, 0.1) is 0 Å². The lowest BCUT2D eigenvalue weighted by Gasteiger charge is -2.29. The van der Waals surface area contributed by atoms with Crippen LogP contribution < -0.4 is 0 Å². The third-order valence-corrected chi connectivity index (χ3v) is 3.10. The molecule has 0 aromatic carbocycles. The van der Waals surface area contributed by atoms with E-state index in [0.29, 0.717) is 5.92 Å². The van der Waals surface area contributed by atoms with Gasteiger partial charge in [0.25, 0.3) is 0 Å². The molecular formula is C12H16N2O2. The summed E-state index contributed by atoms with van der Waals surface area (Å²) < 4.78 is 0. The van der Waals surface area contributed by atoms with E-state index >= 15 is 0 Å². The summed E-state index contributed by atoms with van der Waals surface area (Å²) in [6.45, 7) is 2.14. The lowest BCUT2D eigenvalue weighted by atomic mass is 9.91. The maximum Gasteiger partial charge on any atom is 0.354 e. The number of likely N-dealkylation sites (tertiary alicyclic amines) is 1. The molecule has 1 N–H and O–H groups in total. The predicted molar refractivity (Wildman–Crippen MR) is 60.7 cm³/mol. The summed E-state index contributed by atoms with van der Waals surface area (Å²) >= 11 is 0. The Morgan fingerprint density at radius 1 is 1.62 bits per heavy atom. The molecule has 0 unspecified atom stereocenters. The number of hydrogen-bond acceptors (Lipinski definition) is 3. The molecule has 4 nitrogen and oxygen atoms in total. The van der Waals surface area contributed by atoms with E-state index in [0.717, 1.165) is 25.1 Å². The Balaban J connectivity index is 2.19. The minimum Gasteiger partial charge on any atom is -0.477 e. The molecular weight excluding hydrogens is 204 g/mol. The van der Waals surface area contributed by atoms with Crippen molar-refractivity contribution in [3.8, 4) is 0 Å². The van der Waals surface area contributed by atoms with Gasteiger partial charge in [0.1, 0.15) is 5.69 Å². The molecule has 86 valence electrons. The molecule has 1 saturated heterocycles. The first-order valence-electron chi connectivity index (χ1n) is 5.54. The summed E-state index contributed by atoms with van der Waals surface area (Å²) in [6.07, 6.45) is 3.90. The van der Waals surface area contributed by atoms with Crippen LogP contribution in [0.5, 0.6) is 0 Å². The van der Waals surface area contributed by atoms with Crippen LogP contribution in [0.4, 0.5) is 0 Å². The zero-order valence-electron chi connectivity index (χ0n) is 9.39. The van der Waals surface area contributed by atoms with Gasteiger partial charge < -0.3 is 10.0 Å². The van der Waals surface area contributed by atoms with Gasteiger partial charge in [0.15, 0.2) is 0 Å². The van der Waals surface area contributed by atoms with Gasteiger partial charge in [-0.05, 0) is 50.0 Å². The summed E-state index contributed by atoms with van der Waals surface area (Å²) in [5.74, 6) is -0.508. The Labute approximate surface area is 94.9 Å². The Bertz CT molecular complexity index is 392. The Morgan fingerprint density at radius 2 is 2.44 bits per heavy atom. The molecule has 1 aliphatic rings. The van der Waals surface area contributed by atoms with Gasteiger partial charge in [0.2, 0.25) is 0 Å². The van der Waals surface area contributed by atoms with Crippen LogP contribution in [0.1, 0.15) is 34.8 Å². The molecule has 0 amide bonds. The Morgan fingerprint density at radius 3 is 3.12 bits per heavy atom. The highest BCUT2D eigenvalue weighted by atomic mass is 16.4. The normalized spacial score (nSPS) is 21.9. The summed E-state index contributed by atoms with van der Waals surface area (Å²) in [7, 11) is 2.10. The fourth-order valence-corrected chi connectivity index (χ4v) is 2.26. The van der Waals surface area contributed by atoms with Crippen molar-refractivity contribution in [1.29, 1.82) is 0 Å². The van der Waals surface area contributed by atoms with Gasteiger partial charge in [-0.25, -0.2) is 9.78 Å². The molecule has 16 heavy (non-hydrogen) atoms. The summed E-state index contributed by atoms with van der Waals surface area (Å²) in [5, 5.41) is 8.89. The molecule has 1 aromatic heterocycles. The van der Waals surface area contributed by atoms with Gasteiger partial charge in [-0.3, -0.25) is 0 Å². The number of likely N-dealkylation sites (N-methyl/N-ethyl adjacent to an activating group) is 1. The van der Waals surface area contributed by atoms with E-state index in [2.05, 4.69) is 16.9 Å². The highest BCUT2D eigenvalue weighted by molar-refractivity contribution is 5.85. The third-order valence-electron chi connectivity index (χ3n) is 3.10. The van der Waals surface area contributed by atoms with Crippen molar-refractivity contribution in [2.75, 3.05) is 20.1 Å². The van der Waals surface area contributed by atoms with Crippen LogP contribution in [0, 0.1) is 0 Å². The van der Waals surface area contributed by atoms with Crippen molar-refractivity contribution in [2.24, 2.45) is 0 Å². The molecule has 0 radical (unpaired) electrons. The van der Waals surface area contributed by atoms with Gasteiger partial charge in [0, 0.05) is 12.7 Å². The highest BCUT2D eigenvalue weighted by Crippen LogP contribution is 2.26. The van der Waals surface area contributed by atoms with Crippen molar-refractivity contribution in [3.05, 3.63) is 29.6 Å². The minimum absolute atomic E-state index is 0.144. The van der Waals surface area contributed by atoms with E-state index in [-0.39, 0.29) is 5.69 Å². The lowest BCUT2D eigenvalue weighted by molar-refractivity contribution is 0.0690. The van der Waals surface area contributed by atoms with Crippen LogP contribution in [0.2, 0.25) is 0 Å². The standard InChI is InChI=1S/C12H16N2O2/c1-14-6-2-3-10(8-14)9-4-5-13-11(7-9)12(15)16/h4-5,7,10H,2-3,6,8H2,1H3,(H,15,16)/t10-/m0/s1. The second kappa shape index (κ2) is 4.61. The van der Waals surface area contributed by atoms with E-state index in [9.17, 15) is 4.79 Å². The fraction of sp³-hybridized carbons (Fsp3) is 0.500. The molecule has 1 aliphatic heterocycles. The number of nitrogens with zero attached hydrogens (tertiary/aromatic N) is 2. The number of rotatable bonds is 2. The van der Waals surface area contributed by atoms with Gasteiger partial charge in [-0.2, -0.15) is 0 Å². The first-order valence-corrected chi connectivity index (χ1v) is 5.54. The minimum atomic E-state index is -0.953. The van der Waals surface area contributed by atoms with E-state index in [4.69, 9.17) is 5.11 Å². The van der Waals surface area contributed by atoms with Gasteiger partial charge in [-0.1, -0.05) is 0 Å². The number of carbonyl (C=O) groups is 1. The average molecular weight is 220 g/mol. The van der Waals surface area contributed by atoms with Crippen LogP contribution >= 0.6 is 0 Å². The van der Waals surface area contributed by atoms with Crippen molar-refractivity contribution < 1.29 is 9.90 Å². The number of pyridine rings is 1. The van der Waals surface area contributed by atoms with Crippen LogP contribution in [-0.2, 0) is 0 Å². The SMILES string of the molecule is CN1CCC[C@H](c2ccnc(C(=O)O)c2)C1. The van der Waals surface area contributed by atoms with Gasteiger partial charge in [-0.15, -0.1) is 0 Å². The molecule has 2 heterocycles. The fourth-order valence-electron chi connectivity index (χ4n) is 2.26. The monoisotopic (exact) mass is 220 g/mol. The van der Waals surface area contributed by atoms with Crippen molar-refractivity contribution in [3.63, 3.8) is 0 Å². The molecule has 0 aliphatic carbocycles. The van der Waals surface area contributed by atoms with Gasteiger partial charge >= 0.3 is 5.97 Å². The molecule has 1 aromatic rings. The molecule has 2 rings (SSSR count). The maximum absolute atomic E-state index is 10.8. The zero-order valence-corrected chi connectivity index (χ0v) is 9.39. The molecule has 0 saturated carbocycles. The molecule has 1 atom stereocenters. The molecule has 1 fully saturated rings. The topological polar surface area (TPSA) is 53.4 Å². The van der Waals surface area contributed by atoms with E-state index in [1.807, 2.05) is 6.07 Å². The second-order valence-electron chi connectivity index (χ2n) is 4.38. The molecule has 0 bridgehead atoms. The number of aromatic nitrogens is 1. The van der Waals surface area contributed by atoms with E-state index in [1.54, 1.807) is 12.3 Å². The van der Waals surface area contributed by atoms with Crippen LogP contribution in [-0.4, -0.2) is 41.1 Å². The Hall–Kier alpha value is -1.42. The van der Waals surface area contributed by atoms with Crippen molar-refractivity contribution in [1.82, 2.24) is 9.88 Å². The highest BCUT2D eigenvalue weighted by Gasteiger charge is 2.19. The molecule has 4 heteroatoms. The number of hydrogen-bond donors (Lipinski definition) is 1. The number of carboxylic acid groups (broad SMARTS) is 1. The van der Waals surface area contributed by atoms with E-state index < -0.39 is 5.97 Å². The quantitative estimate of drug-likeness (QED) is 0.822. The first kappa shape index (κ1) is 11.1. The maximum atomic E-state index is 10.8. The summed E-state index contributed by atoms with van der Waals surface area (Å²) in [4.78, 5) is 17.0. The van der Waals surface area contributed by atoms with Crippen LogP contribution in [0.25, 0.3) is 0 Å². The van der Waals surface area contributed by atoms with Crippen molar-refractivity contribution in [2.45, 2.75) is 18.8 Å². The number of carboxylic acids is 1. The van der Waals surface area contributed by atoms with Crippen LogP contribution in [0.3, 0.4) is 0 Å². The largest absolute Gasteiger partial charge is 0.477 e. The van der Waals surface area contributed by atoms with Crippen LogP contribution in [0.15, 0.2) is 18.3 Å². The number of piperidine rings is 1. The average Bonchev–Trinajstić information content (AvgIpc) is 2.29. The first-order chi connectivity index (χ1) is 7.66. The zero-order chi connectivity index (χ0) is 11.5. The summed E-state index contributed by atoms with van der Waals surface area (Å²) in [6, 6.07) is 3.63.